The van der Waals surface area contributed by atoms with Gasteiger partial charge >= 0.3 is 0 Å². The molecule has 0 N–H and O–H groups in total. The fraction of sp³-hybridized carbons (Fsp3) is 1.00. The molecule has 23 heavy (non-hydrogen) atoms. The fourth-order valence-corrected chi connectivity index (χ4v) is 2.18. The maximum atomic E-state index is 5.07. The van der Waals surface area contributed by atoms with Crippen molar-refractivity contribution in [1.29, 1.82) is 0 Å². The van der Waals surface area contributed by atoms with Crippen molar-refractivity contribution in [1.82, 2.24) is 0 Å². The Morgan fingerprint density at radius 3 is 0.783 bits per heavy atom. The van der Waals surface area contributed by atoms with Gasteiger partial charge in [0.1, 0.15) is 6.79 Å². The molecule has 5 nitrogen and oxygen atoms in total. The van der Waals surface area contributed by atoms with Crippen molar-refractivity contribution in [3.63, 3.8) is 0 Å². The van der Waals surface area contributed by atoms with Gasteiger partial charge in [0, 0.05) is 53.9 Å². The molecule has 3 fully saturated rings. The van der Waals surface area contributed by atoms with Crippen LogP contribution in [-0.2, 0) is 23.7 Å². The van der Waals surface area contributed by atoms with Crippen molar-refractivity contribution in [3.8, 4) is 0 Å². The number of hydrogen-bond acceptors (Lipinski definition) is 5. The van der Waals surface area contributed by atoms with Gasteiger partial charge in [-0.15, -0.1) is 0 Å². The minimum atomic E-state index is 0.389. The van der Waals surface area contributed by atoms with E-state index in [9.17, 15) is 0 Å². The highest BCUT2D eigenvalue weighted by Crippen LogP contribution is 2.03. The van der Waals surface area contributed by atoms with E-state index in [0.717, 1.165) is 39.6 Å². The Morgan fingerprint density at radius 2 is 0.739 bits per heavy atom. The van der Waals surface area contributed by atoms with E-state index in [-0.39, 0.29) is 0 Å². The van der Waals surface area contributed by atoms with E-state index in [4.69, 9.17) is 14.2 Å². The molecule has 0 aromatic rings. The van der Waals surface area contributed by atoms with Crippen molar-refractivity contribution < 1.29 is 23.7 Å². The van der Waals surface area contributed by atoms with E-state index in [1.165, 1.54) is 57.8 Å². The Balaban J connectivity index is 0.000000282. The second kappa shape index (κ2) is 21.8. The lowest BCUT2D eigenvalue weighted by atomic mass is 10.2. The average Bonchev–Trinajstić information content (AvgIpc) is 2.68. The predicted octanol–water partition coefficient (Wildman–Crippen LogP) is 3.80. The van der Waals surface area contributed by atoms with Gasteiger partial charge in [-0.3, -0.25) is 0 Å². The second-order valence-corrected chi connectivity index (χ2v) is 5.71. The van der Waals surface area contributed by atoms with E-state index >= 15 is 0 Å². The van der Waals surface area contributed by atoms with Crippen LogP contribution in [0.1, 0.15) is 57.8 Å². The lowest BCUT2D eigenvalue weighted by Crippen LogP contribution is -2.03. The third-order valence-electron chi connectivity index (χ3n) is 3.47. The molecule has 3 aliphatic heterocycles. The van der Waals surface area contributed by atoms with Gasteiger partial charge in [0.15, 0.2) is 0 Å². The molecule has 5 heteroatoms. The SMILES string of the molecule is C1CCOCC1.C1CCOCC1.C1CCOCC1.COCOC. The monoisotopic (exact) mass is 334 g/mol. The molecule has 3 rings (SSSR count). The van der Waals surface area contributed by atoms with Gasteiger partial charge in [-0.05, 0) is 57.8 Å². The first-order valence-electron chi connectivity index (χ1n) is 9.13. The van der Waals surface area contributed by atoms with Gasteiger partial charge in [-0.2, -0.15) is 0 Å². The summed E-state index contributed by atoms with van der Waals surface area (Å²) in [6.45, 7) is 6.39. The zero-order chi connectivity index (χ0) is 16.8. The first-order valence-corrected chi connectivity index (χ1v) is 9.13. The highest BCUT2D eigenvalue weighted by atomic mass is 16.6. The third-order valence-corrected chi connectivity index (χ3v) is 3.47. The number of methoxy groups -OCH3 is 2. The highest BCUT2D eigenvalue weighted by Gasteiger charge is 1.96. The van der Waals surface area contributed by atoms with Crippen LogP contribution in [0, 0.1) is 0 Å². The van der Waals surface area contributed by atoms with E-state index < -0.39 is 0 Å². The molecule has 0 atom stereocenters. The van der Waals surface area contributed by atoms with E-state index in [1.807, 2.05) is 0 Å². The summed E-state index contributed by atoms with van der Waals surface area (Å²) >= 11 is 0. The molecule has 0 bridgehead atoms. The number of hydrogen-bond donors (Lipinski definition) is 0. The first-order chi connectivity index (χ1) is 11.4. The van der Waals surface area contributed by atoms with Crippen molar-refractivity contribution >= 4 is 0 Å². The summed E-state index contributed by atoms with van der Waals surface area (Å²) in [6.07, 6.45) is 11.8. The summed E-state index contributed by atoms with van der Waals surface area (Å²) in [5.74, 6) is 0. The van der Waals surface area contributed by atoms with Crippen LogP contribution in [0.25, 0.3) is 0 Å². The van der Waals surface area contributed by atoms with Gasteiger partial charge < -0.3 is 23.7 Å². The maximum absolute atomic E-state index is 5.07. The molecule has 0 aliphatic carbocycles. The van der Waals surface area contributed by atoms with Crippen LogP contribution in [0.4, 0.5) is 0 Å². The number of ether oxygens (including phenoxy) is 5. The molecule has 0 unspecified atom stereocenters. The molecule has 0 amide bonds. The van der Waals surface area contributed by atoms with Crippen LogP contribution in [-0.4, -0.2) is 60.7 Å². The largest absolute Gasteiger partial charge is 0.381 e. The topological polar surface area (TPSA) is 46.2 Å². The average molecular weight is 334 g/mol. The molecule has 0 spiro atoms. The predicted molar refractivity (Wildman–Crippen MR) is 92.9 cm³/mol. The van der Waals surface area contributed by atoms with Crippen LogP contribution in [0.2, 0.25) is 0 Å². The summed E-state index contributed by atoms with van der Waals surface area (Å²) in [5, 5.41) is 0. The first kappa shape index (κ1) is 22.8. The molecule has 0 saturated carbocycles. The molecule has 0 aromatic carbocycles. The molecule has 0 aromatic heterocycles. The summed E-state index contributed by atoms with van der Waals surface area (Å²) in [4.78, 5) is 0. The Bertz CT molecular complexity index is 125. The van der Waals surface area contributed by atoms with Crippen LogP contribution >= 0.6 is 0 Å². The molecular weight excluding hydrogens is 296 g/mol. The molecular formula is C18H38O5. The Morgan fingerprint density at radius 1 is 0.478 bits per heavy atom. The standard InChI is InChI=1S/3C5H10O.C3H8O2/c3*1-2-4-6-5-3-1;1-4-3-5-2/h3*1-5H2;3H2,1-2H3. The van der Waals surface area contributed by atoms with Crippen molar-refractivity contribution in [2.24, 2.45) is 0 Å². The van der Waals surface area contributed by atoms with Crippen molar-refractivity contribution in [2.45, 2.75) is 57.8 Å². The van der Waals surface area contributed by atoms with Gasteiger partial charge in [0.05, 0.1) is 0 Å². The summed E-state index contributed by atoms with van der Waals surface area (Å²) in [7, 11) is 3.17. The molecule has 3 heterocycles. The molecule has 3 saturated heterocycles. The van der Waals surface area contributed by atoms with Crippen LogP contribution in [0.3, 0.4) is 0 Å². The van der Waals surface area contributed by atoms with Crippen molar-refractivity contribution in [3.05, 3.63) is 0 Å². The minimum absolute atomic E-state index is 0.389. The fourth-order valence-electron chi connectivity index (χ4n) is 2.18. The lowest BCUT2D eigenvalue weighted by Gasteiger charge is -2.08. The third kappa shape index (κ3) is 21.8. The Hall–Kier alpha value is -0.200. The quantitative estimate of drug-likeness (QED) is 0.719. The van der Waals surface area contributed by atoms with E-state index in [0.29, 0.717) is 6.79 Å². The van der Waals surface area contributed by atoms with Gasteiger partial charge in [0.2, 0.25) is 0 Å². The van der Waals surface area contributed by atoms with Gasteiger partial charge in [-0.1, -0.05) is 0 Å². The molecule has 0 radical (unpaired) electrons. The van der Waals surface area contributed by atoms with Gasteiger partial charge in [0.25, 0.3) is 0 Å². The second-order valence-electron chi connectivity index (χ2n) is 5.71. The summed E-state index contributed by atoms with van der Waals surface area (Å²) < 4.78 is 24.1. The smallest absolute Gasteiger partial charge is 0.145 e. The zero-order valence-electron chi connectivity index (χ0n) is 15.4. The highest BCUT2D eigenvalue weighted by molar-refractivity contribution is 4.46. The summed E-state index contributed by atoms with van der Waals surface area (Å²) in [6, 6.07) is 0. The van der Waals surface area contributed by atoms with Crippen LogP contribution in [0.5, 0.6) is 0 Å². The van der Waals surface area contributed by atoms with Gasteiger partial charge in [-0.25, -0.2) is 0 Å². The normalized spacial score (nSPS) is 20.6. The molecule has 140 valence electrons. The van der Waals surface area contributed by atoms with E-state index in [1.54, 1.807) is 14.2 Å². The lowest BCUT2D eigenvalue weighted by molar-refractivity contribution is -0.00272. The zero-order valence-corrected chi connectivity index (χ0v) is 15.4. The number of rotatable bonds is 2. The molecule has 3 aliphatic rings. The van der Waals surface area contributed by atoms with Crippen LogP contribution < -0.4 is 0 Å². The van der Waals surface area contributed by atoms with Crippen molar-refractivity contribution in [2.75, 3.05) is 60.7 Å². The van der Waals surface area contributed by atoms with Crippen LogP contribution in [0.15, 0.2) is 0 Å². The Kier molecular flexibility index (Phi) is 21.6. The van der Waals surface area contributed by atoms with E-state index in [2.05, 4.69) is 9.47 Å². The minimum Gasteiger partial charge on any atom is -0.381 e. The Labute approximate surface area is 143 Å². The maximum Gasteiger partial charge on any atom is 0.145 e. The summed E-state index contributed by atoms with van der Waals surface area (Å²) in [5.41, 5.74) is 0.